The number of thioether (sulfide) groups is 1. The number of nitrogens with zero attached hydrogens (tertiary/aromatic N) is 3. The molecular weight excluding hydrogens is 512 g/mol. The first-order valence-corrected chi connectivity index (χ1v) is 12.3. The molecule has 0 unspecified atom stereocenters. The van der Waals surface area contributed by atoms with Gasteiger partial charge in [-0.25, -0.2) is 9.67 Å². The van der Waals surface area contributed by atoms with Gasteiger partial charge in [0.1, 0.15) is 0 Å². The Morgan fingerprint density at radius 3 is 2.44 bits per heavy atom. The molecule has 4 rings (SSSR count). The molecule has 0 spiro atoms. The summed E-state index contributed by atoms with van der Waals surface area (Å²) in [7, 11) is 0. The van der Waals surface area contributed by atoms with Crippen molar-refractivity contribution in [2.75, 3.05) is 11.1 Å². The molecule has 3 aromatic carbocycles. The quantitative estimate of drug-likeness (QED) is 0.166. The molecule has 0 aliphatic rings. The molecule has 0 radical (unpaired) electrons. The highest BCUT2D eigenvalue weighted by Crippen LogP contribution is 2.24. The average Bonchev–Trinajstić information content (AvgIpc) is 3.27. The minimum Gasteiger partial charge on any atom is -0.325 e. The third-order valence-electron chi connectivity index (χ3n) is 4.87. The normalized spacial score (nSPS) is 10.6. The third kappa shape index (κ3) is 5.70. The van der Waals surface area contributed by atoms with Crippen molar-refractivity contribution < 1.29 is 9.59 Å². The second kappa shape index (κ2) is 11.1. The van der Waals surface area contributed by atoms with Crippen LogP contribution in [0, 0.1) is 0 Å². The van der Waals surface area contributed by atoms with Gasteiger partial charge in [-0.05, 0) is 24.3 Å². The van der Waals surface area contributed by atoms with Gasteiger partial charge in [0.15, 0.2) is 11.6 Å². The molecule has 0 fully saturated rings. The predicted molar refractivity (Wildman–Crippen MR) is 139 cm³/mol. The fraction of sp³-hybridized carbons (Fsp3) is 0.0769. The lowest BCUT2D eigenvalue weighted by Gasteiger charge is -2.10. The Morgan fingerprint density at radius 1 is 1.00 bits per heavy atom. The number of hydrogen-bond donors (Lipinski definition) is 1. The lowest BCUT2D eigenvalue weighted by atomic mass is 10.0. The number of carbonyl (C=O) groups excluding carboxylic acids is 2. The highest BCUT2D eigenvalue weighted by Gasteiger charge is 2.17. The molecule has 170 valence electrons. The largest absolute Gasteiger partial charge is 0.325 e. The molecule has 8 heteroatoms. The highest BCUT2D eigenvalue weighted by atomic mass is 79.9. The van der Waals surface area contributed by atoms with Crippen LogP contribution in [0.15, 0.2) is 101 Å². The fourth-order valence-electron chi connectivity index (χ4n) is 3.30. The van der Waals surface area contributed by atoms with Gasteiger partial charge < -0.3 is 5.32 Å². The number of para-hydroxylation sites is 1. The summed E-state index contributed by atoms with van der Waals surface area (Å²) in [6.45, 7) is 4.29. The Hall–Kier alpha value is -3.49. The molecule has 1 N–H and O–H groups in total. The van der Waals surface area contributed by atoms with Crippen molar-refractivity contribution >= 4 is 45.1 Å². The molecule has 6 nitrogen and oxygen atoms in total. The van der Waals surface area contributed by atoms with Gasteiger partial charge in [-0.3, -0.25) is 9.59 Å². The average molecular weight is 533 g/mol. The Balaban J connectivity index is 1.46. The molecule has 34 heavy (non-hydrogen) atoms. The molecule has 0 atom stereocenters. The van der Waals surface area contributed by atoms with E-state index in [-0.39, 0.29) is 17.4 Å². The summed E-state index contributed by atoms with van der Waals surface area (Å²) in [6.07, 6.45) is 1.75. The van der Waals surface area contributed by atoms with Crippen LogP contribution in [0.5, 0.6) is 0 Å². The Kier molecular flexibility index (Phi) is 7.72. The molecular formula is C26H21BrN4O2S. The van der Waals surface area contributed by atoms with E-state index in [1.54, 1.807) is 47.2 Å². The van der Waals surface area contributed by atoms with Crippen molar-refractivity contribution in [1.82, 2.24) is 14.8 Å². The number of anilines is 1. The summed E-state index contributed by atoms with van der Waals surface area (Å²) < 4.78 is 2.73. The van der Waals surface area contributed by atoms with E-state index >= 15 is 0 Å². The molecule has 1 heterocycles. The first kappa shape index (κ1) is 23.7. The van der Waals surface area contributed by atoms with Gasteiger partial charge in [-0.2, -0.15) is 0 Å². The third-order valence-corrected chi connectivity index (χ3v) is 6.24. The van der Waals surface area contributed by atoms with E-state index in [1.165, 1.54) is 11.8 Å². The number of hydrogen-bond acceptors (Lipinski definition) is 5. The van der Waals surface area contributed by atoms with Gasteiger partial charge in [-0.1, -0.05) is 88.4 Å². The first-order valence-electron chi connectivity index (χ1n) is 10.5. The van der Waals surface area contributed by atoms with E-state index in [0.29, 0.717) is 34.3 Å². The van der Waals surface area contributed by atoms with Gasteiger partial charge in [0.25, 0.3) is 0 Å². The second-order valence-corrected chi connectivity index (χ2v) is 9.13. The first-order chi connectivity index (χ1) is 16.5. The molecule has 1 aromatic heterocycles. The highest BCUT2D eigenvalue weighted by molar-refractivity contribution is 9.10. The number of amides is 1. The number of halogens is 1. The lowest BCUT2D eigenvalue weighted by Crippen LogP contribution is -2.17. The van der Waals surface area contributed by atoms with Gasteiger partial charge >= 0.3 is 0 Å². The Labute approximate surface area is 210 Å². The van der Waals surface area contributed by atoms with Crippen LogP contribution in [-0.4, -0.2) is 32.2 Å². The van der Waals surface area contributed by atoms with Crippen LogP contribution in [0.1, 0.15) is 15.9 Å². The molecule has 4 aromatic rings. The van der Waals surface area contributed by atoms with Crippen LogP contribution in [0.3, 0.4) is 0 Å². The smallest absolute Gasteiger partial charge is 0.234 e. The van der Waals surface area contributed by atoms with E-state index in [0.717, 1.165) is 10.0 Å². The van der Waals surface area contributed by atoms with Crippen LogP contribution in [0.4, 0.5) is 5.69 Å². The van der Waals surface area contributed by atoms with E-state index in [1.807, 2.05) is 42.5 Å². The zero-order valence-electron chi connectivity index (χ0n) is 18.1. The van der Waals surface area contributed by atoms with Crippen LogP contribution in [-0.2, 0) is 11.3 Å². The topological polar surface area (TPSA) is 76.9 Å². The summed E-state index contributed by atoms with van der Waals surface area (Å²) in [5.41, 5.74) is 2.40. The Bertz CT molecular complexity index is 1320. The SMILES string of the molecule is C=CCn1nc(SCC(=O)Nc2ccccc2C(=O)c2ccccc2)nc1-c1ccc(Br)cc1. The van der Waals surface area contributed by atoms with Crippen LogP contribution in [0.25, 0.3) is 11.4 Å². The molecule has 0 saturated heterocycles. The number of carbonyl (C=O) groups is 2. The maximum Gasteiger partial charge on any atom is 0.234 e. The number of aromatic nitrogens is 3. The predicted octanol–water partition coefficient (Wildman–Crippen LogP) is 5.86. The minimum absolute atomic E-state index is 0.103. The Morgan fingerprint density at radius 2 is 1.71 bits per heavy atom. The van der Waals surface area contributed by atoms with Crippen molar-refractivity contribution in [1.29, 1.82) is 0 Å². The summed E-state index contributed by atoms with van der Waals surface area (Å²) in [4.78, 5) is 30.2. The number of benzene rings is 3. The monoisotopic (exact) mass is 532 g/mol. The van der Waals surface area contributed by atoms with Crippen molar-refractivity contribution in [3.8, 4) is 11.4 Å². The summed E-state index contributed by atoms with van der Waals surface area (Å²) in [6, 6.07) is 23.8. The van der Waals surface area contributed by atoms with E-state index < -0.39 is 0 Å². The van der Waals surface area contributed by atoms with Crippen molar-refractivity contribution in [2.45, 2.75) is 11.7 Å². The summed E-state index contributed by atoms with van der Waals surface area (Å²) >= 11 is 4.67. The number of ketones is 1. The maximum absolute atomic E-state index is 12.9. The molecule has 0 aliphatic heterocycles. The van der Waals surface area contributed by atoms with Crippen LogP contribution < -0.4 is 5.32 Å². The van der Waals surface area contributed by atoms with Gasteiger partial charge in [0.05, 0.1) is 18.0 Å². The second-order valence-electron chi connectivity index (χ2n) is 7.27. The van der Waals surface area contributed by atoms with E-state index in [9.17, 15) is 9.59 Å². The maximum atomic E-state index is 12.9. The van der Waals surface area contributed by atoms with Gasteiger partial charge in [0.2, 0.25) is 11.1 Å². The van der Waals surface area contributed by atoms with Gasteiger partial charge in [0, 0.05) is 21.2 Å². The summed E-state index contributed by atoms with van der Waals surface area (Å²) in [5.74, 6) is 0.414. The standard InChI is InChI=1S/C26H21BrN4O2S/c1-2-16-31-25(19-12-14-20(27)15-13-19)29-26(30-31)34-17-23(32)28-22-11-7-6-10-21(22)24(33)18-8-4-3-5-9-18/h2-15H,1,16-17H2,(H,28,32). The number of allylic oxidation sites excluding steroid dienone is 1. The molecule has 0 saturated carbocycles. The number of rotatable bonds is 9. The zero-order chi connectivity index (χ0) is 23.9. The van der Waals surface area contributed by atoms with Crippen LogP contribution >= 0.6 is 27.7 Å². The van der Waals surface area contributed by atoms with E-state index in [2.05, 4.69) is 37.9 Å². The lowest BCUT2D eigenvalue weighted by molar-refractivity contribution is -0.113. The molecule has 1 amide bonds. The summed E-state index contributed by atoms with van der Waals surface area (Å²) in [5, 5.41) is 7.86. The minimum atomic E-state index is -0.247. The fourth-order valence-corrected chi connectivity index (χ4v) is 4.20. The van der Waals surface area contributed by atoms with Crippen molar-refractivity contribution in [2.24, 2.45) is 0 Å². The van der Waals surface area contributed by atoms with Crippen LogP contribution in [0.2, 0.25) is 0 Å². The van der Waals surface area contributed by atoms with Gasteiger partial charge in [-0.15, -0.1) is 11.7 Å². The van der Waals surface area contributed by atoms with E-state index in [4.69, 9.17) is 0 Å². The van der Waals surface area contributed by atoms with Crippen molar-refractivity contribution in [3.05, 3.63) is 107 Å². The molecule has 0 bridgehead atoms. The van der Waals surface area contributed by atoms with Crippen molar-refractivity contribution in [3.63, 3.8) is 0 Å². The molecule has 0 aliphatic carbocycles. The number of nitrogens with one attached hydrogen (secondary N) is 1. The zero-order valence-corrected chi connectivity index (χ0v) is 20.6.